The Bertz CT molecular complexity index is 1190. The summed E-state index contributed by atoms with van der Waals surface area (Å²) in [6.45, 7) is 2.62. The Kier molecular flexibility index (Phi) is 5.90. The van der Waals surface area contributed by atoms with Gasteiger partial charge in [0.25, 0.3) is 0 Å². The van der Waals surface area contributed by atoms with Crippen LogP contribution in [-0.4, -0.2) is 43.5 Å². The van der Waals surface area contributed by atoms with Crippen molar-refractivity contribution in [1.29, 1.82) is 0 Å². The molecule has 162 valence electrons. The number of anilines is 1. The first-order valence-electron chi connectivity index (χ1n) is 9.75. The van der Waals surface area contributed by atoms with Crippen molar-refractivity contribution >= 4 is 21.8 Å². The van der Waals surface area contributed by atoms with Gasteiger partial charge in [0.1, 0.15) is 13.2 Å². The number of carbonyl (C=O) groups is 1. The Morgan fingerprint density at radius 2 is 1.71 bits per heavy atom. The van der Waals surface area contributed by atoms with Crippen LogP contribution in [0.2, 0.25) is 0 Å². The maximum absolute atomic E-state index is 12.3. The topological polar surface area (TPSA) is 121 Å². The lowest BCUT2D eigenvalue weighted by molar-refractivity contribution is -0.115. The average Bonchev–Trinajstić information content (AvgIpc) is 3.20. The van der Waals surface area contributed by atoms with E-state index in [1.165, 1.54) is 12.1 Å². The molecule has 31 heavy (non-hydrogen) atoms. The van der Waals surface area contributed by atoms with Gasteiger partial charge in [0, 0.05) is 0 Å². The standard InChI is InChI=1S/C21H21N3O6S/c1-2-31(26,27)16-6-3-14(4-7-16)12-19(25)22-21-24-23-20(30-21)13-15-5-8-17-18(11-15)29-10-9-28-17/h3-8,11H,2,9-10,12-13H2,1H3,(H,22,24,25). The highest BCUT2D eigenvalue weighted by Crippen LogP contribution is 2.31. The Balaban J connectivity index is 1.35. The van der Waals surface area contributed by atoms with E-state index in [1.54, 1.807) is 19.1 Å². The Morgan fingerprint density at radius 3 is 2.45 bits per heavy atom. The summed E-state index contributed by atoms with van der Waals surface area (Å²) in [5.74, 6) is 1.41. The first-order valence-corrected chi connectivity index (χ1v) is 11.4. The molecule has 10 heteroatoms. The number of ether oxygens (including phenoxy) is 2. The molecule has 0 radical (unpaired) electrons. The molecule has 0 fully saturated rings. The Hall–Kier alpha value is -3.40. The number of aromatic nitrogens is 2. The molecule has 1 aromatic heterocycles. The quantitative estimate of drug-likeness (QED) is 0.591. The maximum Gasteiger partial charge on any atom is 0.322 e. The summed E-state index contributed by atoms with van der Waals surface area (Å²) in [4.78, 5) is 12.5. The van der Waals surface area contributed by atoms with Gasteiger partial charge in [0.2, 0.25) is 11.8 Å². The van der Waals surface area contributed by atoms with Crippen molar-refractivity contribution in [2.45, 2.75) is 24.7 Å². The fourth-order valence-electron chi connectivity index (χ4n) is 3.08. The zero-order chi connectivity index (χ0) is 21.8. The molecule has 2 heterocycles. The zero-order valence-corrected chi connectivity index (χ0v) is 17.6. The second kappa shape index (κ2) is 8.76. The normalized spacial score (nSPS) is 13.1. The van der Waals surface area contributed by atoms with Crippen LogP contribution >= 0.6 is 0 Å². The molecule has 9 nitrogen and oxygen atoms in total. The molecule has 3 aromatic rings. The first-order chi connectivity index (χ1) is 14.9. The lowest BCUT2D eigenvalue weighted by atomic mass is 10.1. The Labute approximate surface area is 179 Å². The van der Waals surface area contributed by atoms with Gasteiger partial charge < -0.3 is 13.9 Å². The minimum absolute atomic E-state index is 0.00252. The third-order valence-electron chi connectivity index (χ3n) is 4.70. The molecule has 0 spiro atoms. The highest BCUT2D eigenvalue weighted by Gasteiger charge is 2.15. The third-order valence-corrected chi connectivity index (χ3v) is 6.45. The van der Waals surface area contributed by atoms with Crippen LogP contribution in [0.3, 0.4) is 0 Å². The molecule has 0 aliphatic carbocycles. The molecule has 0 bridgehead atoms. The molecule has 4 rings (SSSR count). The molecule has 0 atom stereocenters. The smallest absolute Gasteiger partial charge is 0.322 e. The summed E-state index contributed by atoms with van der Waals surface area (Å²) in [7, 11) is -3.27. The van der Waals surface area contributed by atoms with Crippen molar-refractivity contribution in [3.05, 3.63) is 59.5 Å². The van der Waals surface area contributed by atoms with E-state index >= 15 is 0 Å². The van der Waals surface area contributed by atoms with Gasteiger partial charge in [-0.1, -0.05) is 30.2 Å². The van der Waals surface area contributed by atoms with Crippen LogP contribution in [0.5, 0.6) is 11.5 Å². The lowest BCUT2D eigenvalue weighted by Crippen LogP contribution is -2.15. The molecule has 0 saturated carbocycles. The fraction of sp³-hybridized carbons (Fsp3) is 0.286. The predicted octanol–water partition coefficient (Wildman–Crippen LogP) is 2.41. The van der Waals surface area contributed by atoms with Crippen LogP contribution in [0.4, 0.5) is 6.01 Å². The van der Waals surface area contributed by atoms with Gasteiger partial charge in [-0.05, 0) is 35.4 Å². The number of hydrogen-bond donors (Lipinski definition) is 1. The Morgan fingerprint density at radius 1 is 1.00 bits per heavy atom. The molecule has 1 N–H and O–H groups in total. The van der Waals surface area contributed by atoms with Gasteiger partial charge in [-0.15, -0.1) is 5.10 Å². The molecule has 1 aliphatic heterocycles. The fourth-order valence-corrected chi connectivity index (χ4v) is 3.96. The molecular weight excluding hydrogens is 422 g/mol. The molecular formula is C21H21N3O6S. The van der Waals surface area contributed by atoms with E-state index in [2.05, 4.69) is 15.5 Å². The van der Waals surface area contributed by atoms with Gasteiger partial charge in [-0.3, -0.25) is 10.1 Å². The summed E-state index contributed by atoms with van der Waals surface area (Å²) in [5, 5.41) is 10.4. The van der Waals surface area contributed by atoms with E-state index in [4.69, 9.17) is 13.9 Å². The van der Waals surface area contributed by atoms with Crippen molar-refractivity contribution in [2.24, 2.45) is 0 Å². The molecule has 0 unspecified atom stereocenters. The van der Waals surface area contributed by atoms with Crippen LogP contribution in [0.1, 0.15) is 23.9 Å². The van der Waals surface area contributed by atoms with Crippen molar-refractivity contribution in [3.8, 4) is 11.5 Å². The van der Waals surface area contributed by atoms with Crippen LogP contribution in [-0.2, 0) is 27.5 Å². The number of fused-ring (bicyclic) bond motifs is 1. The first kappa shape index (κ1) is 20.9. The SMILES string of the molecule is CCS(=O)(=O)c1ccc(CC(=O)Nc2nnc(Cc3ccc4c(c3)OCCO4)o2)cc1. The maximum atomic E-state index is 12.3. The van der Waals surface area contributed by atoms with E-state index in [0.29, 0.717) is 42.6 Å². The van der Waals surface area contributed by atoms with Gasteiger partial charge in [-0.2, -0.15) is 0 Å². The van der Waals surface area contributed by atoms with E-state index in [9.17, 15) is 13.2 Å². The van der Waals surface area contributed by atoms with Gasteiger partial charge in [0.05, 0.1) is 23.5 Å². The van der Waals surface area contributed by atoms with E-state index in [1.807, 2.05) is 18.2 Å². The summed E-state index contributed by atoms with van der Waals surface area (Å²) < 4.78 is 40.3. The van der Waals surface area contributed by atoms with Crippen molar-refractivity contribution in [2.75, 3.05) is 24.3 Å². The monoisotopic (exact) mass is 443 g/mol. The molecule has 1 aliphatic rings. The van der Waals surface area contributed by atoms with E-state index in [-0.39, 0.29) is 29.0 Å². The van der Waals surface area contributed by atoms with Gasteiger partial charge >= 0.3 is 6.01 Å². The van der Waals surface area contributed by atoms with Crippen LogP contribution < -0.4 is 14.8 Å². The van der Waals surface area contributed by atoms with E-state index < -0.39 is 9.84 Å². The number of carbonyl (C=O) groups excluding carboxylic acids is 1. The third kappa shape index (κ3) is 5.02. The summed E-state index contributed by atoms with van der Waals surface area (Å²) in [5.41, 5.74) is 1.58. The van der Waals surface area contributed by atoms with Crippen LogP contribution in [0.25, 0.3) is 0 Å². The molecule has 2 aromatic carbocycles. The van der Waals surface area contributed by atoms with Crippen LogP contribution in [0, 0.1) is 0 Å². The van der Waals surface area contributed by atoms with Gasteiger partial charge in [-0.25, -0.2) is 8.42 Å². The van der Waals surface area contributed by atoms with Crippen molar-refractivity contribution in [1.82, 2.24) is 10.2 Å². The van der Waals surface area contributed by atoms with Gasteiger partial charge in [0.15, 0.2) is 21.3 Å². The predicted molar refractivity (Wildman–Crippen MR) is 111 cm³/mol. The minimum atomic E-state index is -3.27. The molecule has 0 saturated heterocycles. The average molecular weight is 443 g/mol. The summed E-state index contributed by atoms with van der Waals surface area (Å²) in [6, 6.07) is 11.8. The second-order valence-electron chi connectivity index (χ2n) is 6.93. The highest BCUT2D eigenvalue weighted by atomic mass is 32.2. The number of sulfone groups is 1. The number of benzene rings is 2. The zero-order valence-electron chi connectivity index (χ0n) is 16.8. The number of amides is 1. The van der Waals surface area contributed by atoms with Crippen molar-refractivity contribution in [3.63, 3.8) is 0 Å². The minimum Gasteiger partial charge on any atom is -0.486 e. The number of hydrogen-bond acceptors (Lipinski definition) is 8. The largest absolute Gasteiger partial charge is 0.486 e. The number of rotatable bonds is 7. The summed E-state index contributed by atoms with van der Waals surface area (Å²) in [6.07, 6.45) is 0.430. The number of nitrogens with one attached hydrogen (secondary N) is 1. The molecule has 1 amide bonds. The lowest BCUT2D eigenvalue weighted by Gasteiger charge is -2.18. The van der Waals surface area contributed by atoms with Crippen LogP contribution in [0.15, 0.2) is 51.8 Å². The van der Waals surface area contributed by atoms with E-state index in [0.717, 1.165) is 5.56 Å². The highest BCUT2D eigenvalue weighted by molar-refractivity contribution is 7.91. The second-order valence-corrected chi connectivity index (χ2v) is 9.21. The summed E-state index contributed by atoms with van der Waals surface area (Å²) >= 11 is 0. The van der Waals surface area contributed by atoms with Crippen molar-refractivity contribution < 1.29 is 27.1 Å². The number of nitrogens with zero attached hydrogens (tertiary/aromatic N) is 2.